The Hall–Kier alpha value is -4.20. The van der Waals surface area contributed by atoms with E-state index in [0.29, 0.717) is 0 Å². The van der Waals surface area contributed by atoms with Crippen molar-refractivity contribution in [3.8, 4) is 35.4 Å². The highest BCUT2D eigenvalue weighted by Gasteiger charge is 2.44. The van der Waals surface area contributed by atoms with Gasteiger partial charge in [-0.25, -0.2) is 0 Å². The van der Waals surface area contributed by atoms with E-state index in [1.807, 2.05) is 24.3 Å². The van der Waals surface area contributed by atoms with Crippen LogP contribution in [0.15, 0.2) is 47.5 Å². The molecule has 2 heterocycles. The van der Waals surface area contributed by atoms with Gasteiger partial charge in [-0.15, -0.1) is 22.7 Å². The van der Waals surface area contributed by atoms with Crippen molar-refractivity contribution in [3.63, 3.8) is 0 Å². The minimum absolute atomic E-state index is 0.00386. The van der Waals surface area contributed by atoms with Gasteiger partial charge in [0.15, 0.2) is 0 Å². The van der Waals surface area contributed by atoms with Crippen molar-refractivity contribution in [2.24, 2.45) is 0 Å². The number of rotatable bonds is 2. The minimum atomic E-state index is -0.00386. The van der Waals surface area contributed by atoms with Gasteiger partial charge in [0, 0.05) is 24.6 Å². The number of benzene rings is 2. The monoisotopic (exact) mass is 498 g/mol. The molecule has 6 heteroatoms. The molecule has 6 rings (SSSR count). The number of nitriles is 4. The Bertz CT molecular complexity index is 1650. The van der Waals surface area contributed by atoms with E-state index in [-0.39, 0.29) is 16.6 Å². The Morgan fingerprint density at radius 3 is 1.50 bits per heavy atom. The molecule has 4 aromatic rings. The van der Waals surface area contributed by atoms with Crippen molar-refractivity contribution in [2.75, 3.05) is 0 Å². The summed E-state index contributed by atoms with van der Waals surface area (Å²) in [5, 5.41) is 39.0. The van der Waals surface area contributed by atoms with Crippen molar-refractivity contribution in [1.82, 2.24) is 0 Å². The molecule has 0 radical (unpaired) electrons. The summed E-state index contributed by atoms with van der Waals surface area (Å²) >= 11 is 3.21. The van der Waals surface area contributed by atoms with E-state index in [2.05, 4.69) is 36.4 Å². The van der Waals surface area contributed by atoms with E-state index in [1.165, 1.54) is 41.5 Å². The molecule has 0 bridgehead atoms. The third-order valence-corrected chi connectivity index (χ3v) is 9.52. The number of thiophene rings is 2. The highest BCUT2D eigenvalue weighted by molar-refractivity contribution is 7.20. The molecule has 2 aromatic heterocycles. The number of allylic oxidation sites excluding steroid dienone is 2. The van der Waals surface area contributed by atoms with Crippen LogP contribution < -0.4 is 0 Å². The molecule has 0 unspecified atom stereocenters. The van der Waals surface area contributed by atoms with Crippen molar-refractivity contribution < 1.29 is 0 Å². The van der Waals surface area contributed by atoms with Crippen LogP contribution in [0.4, 0.5) is 0 Å². The normalized spacial score (nSPS) is 14.8. The van der Waals surface area contributed by atoms with Gasteiger partial charge in [0.05, 0.1) is 0 Å². The fourth-order valence-corrected chi connectivity index (χ4v) is 7.96. The first-order chi connectivity index (χ1) is 17.6. The van der Waals surface area contributed by atoms with Crippen molar-refractivity contribution >= 4 is 55.0 Å². The fourth-order valence-electron chi connectivity index (χ4n) is 5.90. The summed E-state index contributed by atoms with van der Waals surface area (Å²) in [6.07, 6.45) is 9.24. The zero-order valence-electron chi connectivity index (χ0n) is 19.3. The Labute approximate surface area is 216 Å². The van der Waals surface area contributed by atoms with Crippen molar-refractivity contribution in [2.45, 2.75) is 37.5 Å². The molecular weight excluding hydrogens is 480 g/mol. The van der Waals surface area contributed by atoms with Gasteiger partial charge in [-0.1, -0.05) is 19.3 Å². The summed E-state index contributed by atoms with van der Waals surface area (Å²) < 4.78 is 2.30. The lowest BCUT2D eigenvalue weighted by Crippen LogP contribution is -2.28. The second-order valence-corrected chi connectivity index (χ2v) is 11.6. The second kappa shape index (κ2) is 8.48. The first-order valence-electron chi connectivity index (χ1n) is 11.8. The molecule has 1 spiro atoms. The lowest BCUT2D eigenvalue weighted by atomic mass is 9.67. The average Bonchev–Trinajstić information content (AvgIpc) is 3.56. The lowest BCUT2D eigenvalue weighted by Gasteiger charge is -2.36. The zero-order chi connectivity index (χ0) is 24.9. The number of hydrogen-bond donors (Lipinski definition) is 0. The van der Waals surface area contributed by atoms with Crippen LogP contribution in [0.3, 0.4) is 0 Å². The summed E-state index contributed by atoms with van der Waals surface area (Å²) in [5.74, 6) is 0. The van der Waals surface area contributed by atoms with Gasteiger partial charge in [0.25, 0.3) is 0 Å². The molecule has 0 aliphatic heterocycles. The van der Waals surface area contributed by atoms with Crippen LogP contribution in [-0.2, 0) is 5.41 Å². The summed E-state index contributed by atoms with van der Waals surface area (Å²) in [6.45, 7) is 0. The van der Waals surface area contributed by atoms with Crippen LogP contribution in [0.5, 0.6) is 0 Å². The molecule has 0 amide bonds. The average molecular weight is 499 g/mol. The van der Waals surface area contributed by atoms with Gasteiger partial charge in [0.1, 0.15) is 35.4 Å². The van der Waals surface area contributed by atoms with Gasteiger partial charge in [-0.2, -0.15) is 21.0 Å². The third-order valence-electron chi connectivity index (χ3n) is 7.43. The topological polar surface area (TPSA) is 95.2 Å². The first-order valence-corrected chi connectivity index (χ1v) is 13.4. The van der Waals surface area contributed by atoms with E-state index >= 15 is 0 Å². The third kappa shape index (κ3) is 3.36. The van der Waals surface area contributed by atoms with E-state index in [4.69, 9.17) is 21.0 Å². The maximum atomic E-state index is 9.17. The van der Waals surface area contributed by atoms with Crippen molar-refractivity contribution in [1.29, 1.82) is 21.0 Å². The van der Waals surface area contributed by atoms with E-state index in [9.17, 15) is 0 Å². The fraction of sp³-hybridized carbons (Fsp3) is 0.200. The van der Waals surface area contributed by atoms with Crippen molar-refractivity contribution in [3.05, 3.63) is 68.4 Å². The number of nitrogens with zero attached hydrogens (tertiary/aromatic N) is 4. The van der Waals surface area contributed by atoms with Crippen LogP contribution in [-0.4, -0.2) is 0 Å². The van der Waals surface area contributed by atoms with Crippen LogP contribution in [0.1, 0.15) is 53.0 Å². The van der Waals surface area contributed by atoms with Crippen LogP contribution in [0.25, 0.3) is 43.5 Å². The van der Waals surface area contributed by atoms with Gasteiger partial charge in [-0.3, -0.25) is 0 Å². The van der Waals surface area contributed by atoms with Gasteiger partial charge < -0.3 is 0 Å². The molecule has 170 valence electrons. The SMILES string of the molecule is N#CC(C#N)=Cc1cc2cc3c(cc2s1)-c1cc2sc(C=C(C#N)C#N)cc2cc1C31CCCCC1. The van der Waals surface area contributed by atoms with Gasteiger partial charge in [0.2, 0.25) is 0 Å². The molecule has 1 fully saturated rings. The maximum Gasteiger partial charge on any atom is 0.131 e. The van der Waals surface area contributed by atoms with Crippen LogP contribution >= 0.6 is 22.7 Å². The molecule has 0 saturated heterocycles. The van der Waals surface area contributed by atoms with E-state index < -0.39 is 0 Å². The van der Waals surface area contributed by atoms with Crippen LogP contribution in [0, 0.1) is 45.3 Å². The lowest BCUT2D eigenvalue weighted by molar-refractivity contribution is 0.353. The molecule has 1 saturated carbocycles. The molecule has 2 aliphatic carbocycles. The quantitative estimate of drug-likeness (QED) is 0.260. The summed E-state index contributed by atoms with van der Waals surface area (Å²) in [6, 6.07) is 21.3. The Morgan fingerprint density at radius 1 is 0.639 bits per heavy atom. The first kappa shape index (κ1) is 22.3. The minimum Gasteiger partial charge on any atom is -0.192 e. The summed E-state index contributed by atoms with van der Waals surface area (Å²) in [5.41, 5.74) is 5.57. The highest BCUT2D eigenvalue weighted by atomic mass is 32.1. The van der Waals surface area contributed by atoms with E-state index in [1.54, 1.807) is 34.8 Å². The number of hydrogen-bond acceptors (Lipinski definition) is 6. The Kier molecular flexibility index (Phi) is 5.25. The molecule has 0 N–H and O–H groups in total. The number of fused-ring (bicyclic) bond motifs is 7. The van der Waals surface area contributed by atoms with Gasteiger partial charge in [-0.05, 0) is 94.4 Å². The standard InChI is InChI=1S/C30H18N4S2/c31-14-18(15-32)6-22-8-20-10-26-24(12-28(20)35-22)25-13-29-21(9-23(36-29)7-19(16-33)17-34)11-27(25)30(26)4-2-1-3-5-30/h6-13H,1-5H2. The molecule has 4 nitrogen and oxygen atoms in total. The molecule has 2 aliphatic rings. The smallest absolute Gasteiger partial charge is 0.131 e. The molecule has 2 aromatic carbocycles. The second-order valence-electron chi connectivity index (χ2n) is 9.37. The predicted octanol–water partition coefficient (Wildman–Crippen LogP) is 8.21. The van der Waals surface area contributed by atoms with Gasteiger partial charge >= 0.3 is 0 Å². The molecule has 36 heavy (non-hydrogen) atoms. The van der Waals surface area contributed by atoms with E-state index in [0.717, 1.165) is 42.8 Å². The summed E-state index contributed by atoms with van der Waals surface area (Å²) in [7, 11) is 0. The maximum absolute atomic E-state index is 9.17. The Morgan fingerprint density at radius 2 is 1.08 bits per heavy atom. The largest absolute Gasteiger partial charge is 0.192 e. The zero-order valence-corrected chi connectivity index (χ0v) is 20.9. The predicted molar refractivity (Wildman–Crippen MR) is 145 cm³/mol. The summed E-state index contributed by atoms with van der Waals surface area (Å²) in [4.78, 5) is 1.83. The Balaban J connectivity index is 1.57. The van der Waals surface area contributed by atoms with Crippen LogP contribution in [0.2, 0.25) is 0 Å². The molecule has 0 atom stereocenters. The molecular formula is C30H18N4S2. The highest BCUT2D eigenvalue weighted by Crippen LogP contribution is 2.58.